The number of aliphatic imine (C=N–C) groups is 2. The van der Waals surface area contributed by atoms with E-state index in [1.807, 2.05) is 54.9 Å². The van der Waals surface area contributed by atoms with Gasteiger partial charge in [0, 0.05) is 39.7 Å². The highest BCUT2D eigenvalue weighted by molar-refractivity contribution is 6.24. The highest BCUT2D eigenvalue weighted by Gasteiger charge is 2.25. The van der Waals surface area contributed by atoms with Crippen molar-refractivity contribution >= 4 is 65.9 Å². The van der Waals surface area contributed by atoms with Crippen LogP contribution < -0.4 is 5.32 Å². The molecule has 0 bridgehead atoms. The fourth-order valence-corrected chi connectivity index (χ4v) is 7.23. The smallest absolute Gasteiger partial charge is 0.159 e. The molecule has 230 valence electrons. The summed E-state index contributed by atoms with van der Waals surface area (Å²) >= 11 is 0. The summed E-state index contributed by atoms with van der Waals surface area (Å²) in [5.74, 6) is 1.42. The van der Waals surface area contributed by atoms with Gasteiger partial charge in [-0.25, -0.2) is 9.98 Å². The summed E-state index contributed by atoms with van der Waals surface area (Å²) in [5.41, 5.74) is 6.79. The maximum Gasteiger partial charge on any atom is 0.159 e. The fourth-order valence-electron chi connectivity index (χ4n) is 7.23. The summed E-state index contributed by atoms with van der Waals surface area (Å²) < 4.78 is 6.74. The van der Waals surface area contributed by atoms with Crippen molar-refractivity contribution in [3.8, 4) is 11.1 Å². The molecule has 0 radical (unpaired) electrons. The van der Waals surface area contributed by atoms with Gasteiger partial charge in [0.15, 0.2) is 5.84 Å². The van der Waals surface area contributed by atoms with Gasteiger partial charge in [-0.15, -0.1) is 0 Å². The van der Waals surface area contributed by atoms with Gasteiger partial charge in [0.25, 0.3) is 0 Å². The van der Waals surface area contributed by atoms with E-state index in [0.717, 1.165) is 66.4 Å². The Morgan fingerprint density at radius 1 is 0.531 bits per heavy atom. The number of benzene rings is 7. The van der Waals surface area contributed by atoms with Gasteiger partial charge in [-0.1, -0.05) is 109 Å². The lowest BCUT2D eigenvalue weighted by Gasteiger charge is -2.24. The monoisotopic (exact) mass is 628 g/mol. The number of hydrogen-bond donors (Lipinski definition) is 1. The average molecular weight is 629 g/mol. The van der Waals surface area contributed by atoms with Crippen LogP contribution in [0.4, 0.5) is 0 Å². The second kappa shape index (κ2) is 11.0. The largest absolute Gasteiger partial charge is 0.456 e. The van der Waals surface area contributed by atoms with Crippen molar-refractivity contribution in [2.45, 2.75) is 6.17 Å². The van der Waals surface area contributed by atoms with Crippen molar-refractivity contribution in [3.05, 3.63) is 175 Å². The van der Waals surface area contributed by atoms with Crippen LogP contribution in [0.5, 0.6) is 0 Å². The summed E-state index contributed by atoms with van der Waals surface area (Å²) in [6, 6.07) is 50.8. The van der Waals surface area contributed by atoms with E-state index in [1.54, 1.807) is 0 Å². The Bertz CT molecular complexity index is 2800. The second-order valence-electron chi connectivity index (χ2n) is 12.5. The van der Waals surface area contributed by atoms with E-state index < -0.39 is 0 Å². The molecular formula is C44H28N4O. The molecule has 2 aromatic heterocycles. The molecule has 3 heterocycles. The van der Waals surface area contributed by atoms with Gasteiger partial charge in [-0.05, 0) is 80.0 Å². The normalized spacial score (nSPS) is 14.7. The fraction of sp³-hybridized carbons (Fsp3) is 0.0227. The van der Waals surface area contributed by atoms with E-state index in [4.69, 9.17) is 14.4 Å². The second-order valence-corrected chi connectivity index (χ2v) is 12.5. The van der Waals surface area contributed by atoms with Crippen molar-refractivity contribution < 1.29 is 4.42 Å². The highest BCUT2D eigenvalue weighted by atomic mass is 16.3. The SMILES string of the molecule is c1ccc(C2=NC(c3ccccc3)NC(c3cc(-c4cc5ccccc5c5ccccc45)cc4oc5cc6ccncc6cc5c34)=N2)cc1. The first-order valence-electron chi connectivity index (χ1n) is 16.5. The minimum Gasteiger partial charge on any atom is -0.456 e. The molecule has 5 nitrogen and oxygen atoms in total. The number of pyridine rings is 1. The molecule has 1 aliphatic rings. The lowest BCUT2D eigenvalue weighted by Crippen LogP contribution is -2.33. The zero-order valence-electron chi connectivity index (χ0n) is 26.3. The van der Waals surface area contributed by atoms with Crippen molar-refractivity contribution in [3.63, 3.8) is 0 Å². The summed E-state index contributed by atoms with van der Waals surface area (Å²) in [5, 5.41) is 12.7. The number of rotatable bonds is 4. The minimum absolute atomic E-state index is 0.327. The summed E-state index contributed by atoms with van der Waals surface area (Å²) in [7, 11) is 0. The van der Waals surface area contributed by atoms with Gasteiger partial charge in [-0.3, -0.25) is 4.98 Å². The molecule has 0 saturated heterocycles. The Hall–Kier alpha value is -6.59. The molecule has 0 spiro atoms. The van der Waals surface area contributed by atoms with Crippen LogP contribution >= 0.6 is 0 Å². The number of nitrogens with zero attached hydrogens (tertiary/aromatic N) is 3. The molecule has 1 atom stereocenters. The zero-order chi connectivity index (χ0) is 32.3. The Morgan fingerprint density at radius 3 is 2.14 bits per heavy atom. The van der Waals surface area contributed by atoms with Gasteiger partial charge < -0.3 is 9.73 Å². The molecule has 0 aliphatic carbocycles. The van der Waals surface area contributed by atoms with Crippen molar-refractivity contribution in [1.29, 1.82) is 0 Å². The van der Waals surface area contributed by atoms with Gasteiger partial charge in [0.1, 0.15) is 23.2 Å². The van der Waals surface area contributed by atoms with Crippen LogP contribution in [-0.2, 0) is 0 Å². The number of amidine groups is 2. The van der Waals surface area contributed by atoms with Gasteiger partial charge in [-0.2, -0.15) is 0 Å². The zero-order valence-corrected chi connectivity index (χ0v) is 26.3. The quantitative estimate of drug-likeness (QED) is 0.197. The van der Waals surface area contributed by atoms with Crippen LogP contribution in [0.25, 0.3) is 65.4 Å². The molecule has 0 amide bonds. The predicted octanol–water partition coefficient (Wildman–Crippen LogP) is 10.6. The van der Waals surface area contributed by atoms with E-state index in [2.05, 4.69) is 113 Å². The van der Waals surface area contributed by atoms with Gasteiger partial charge >= 0.3 is 0 Å². The lowest BCUT2D eigenvalue weighted by molar-refractivity contribution is 0.668. The van der Waals surface area contributed by atoms with E-state index in [9.17, 15) is 0 Å². The van der Waals surface area contributed by atoms with Crippen molar-refractivity contribution in [2.24, 2.45) is 9.98 Å². The molecule has 49 heavy (non-hydrogen) atoms. The van der Waals surface area contributed by atoms with E-state index in [1.165, 1.54) is 21.5 Å². The number of nitrogens with one attached hydrogen (secondary N) is 1. The lowest BCUT2D eigenvalue weighted by atomic mass is 9.91. The van der Waals surface area contributed by atoms with Crippen LogP contribution in [0.2, 0.25) is 0 Å². The minimum atomic E-state index is -0.327. The summed E-state index contributed by atoms with van der Waals surface area (Å²) in [6.07, 6.45) is 3.40. The molecule has 9 aromatic rings. The topological polar surface area (TPSA) is 62.8 Å². The van der Waals surface area contributed by atoms with Crippen molar-refractivity contribution in [1.82, 2.24) is 10.3 Å². The first-order valence-corrected chi connectivity index (χ1v) is 16.5. The molecule has 10 rings (SSSR count). The Kier molecular flexibility index (Phi) is 6.18. The first kappa shape index (κ1) is 27.5. The highest BCUT2D eigenvalue weighted by Crippen LogP contribution is 2.41. The third-order valence-corrected chi connectivity index (χ3v) is 9.55. The average Bonchev–Trinajstić information content (AvgIpc) is 3.54. The maximum atomic E-state index is 6.74. The van der Waals surface area contributed by atoms with E-state index in [0.29, 0.717) is 5.84 Å². The number of aromatic nitrogens is 1. The van der Waals surface area contributed by atoms with E-state index in [-0.39, 0.29) is 6.17 Å². The van der Waals surface area contributed by atoms with Crippen LogP contribution in [0, 0.1) is 0 Å². The first-order chi connectivity index (χ1) is 24.3. The third kappa shape index (κ3) is 4.59. The summed E-state index contributed by atoms with van der Waals surface area (Å²) in [6.45, 7) is 0. The molecule has 5 heteroatoms. The molecule has 0 saturated carbocycles. The Balaban J connectivity index is 1.28. The number of furan rings is 1. The Morgan fingerprint density at radius 2 is 1.29 bits per heavy atom. The maximum absolute atomic E-state index is 6.74. The predicted molar refractivity (Wildman–Crippen MR) is 201 cm³/mol. The van der Waals surface area contributed by atoms with Crippen LogP contribution in [-0.4, -0.2) is 16.7 Å². The molecule has 1 aliphatic heterocycles. The molecule has 7 aromatic carbocycles. The molecular weight excluding hydrogens is 601 g/mol. The number of fused-ring (bicyclic) bond motifs is 7. The molecule has 1 unspecified atom stereocenters. The molecule has 0 fully saturated rings. The van der Waals surface area contributed by atoms with Gasteiger partial charge in [0.05, 0.1) is 0 Å². The van der Waals surface area contributed by atoms with Gasteiger partial charge in [0.2, 0.25) is 0 Å². The number of hydrogen-bond acceptors (Lipinski definition) is 5. The Labute approximate surface area is 281 Å². The van der Waals surface area contributed by atoms with E-state index >= 15 is 0 Å². The third-order valence-electron chi connectivity index (χ3n) is 9.55. The van der Waals surface area contributed by atoms with Crippen LogP contribution in [0.15, 0.2) is 172 Å². The van der Waals surface area contributed by atoms with Crippen molar-refractivity contribution in [2.75, 3.05) is 0 Å². The van der Waals surface area contributed by atoms with Crippen LogP contribution in [0.3, 0.4) is 0 Å². The molecule has 1 N–H and O–H groups in total. The standard InChI is InChI=1S/C44H28N4O/c1-3-11-27(12-4-1)42-46-43(28-13-5-2-6-14-28)48-44(47-42)38-22-31(36-21-30-15-7-8-16-33(30)34-17-9-10-18-35(34)36)25-40-41(38)37-23-32-26-45-20-19-29(32)24-39(37)49-40/h1-26,42H,(H,46,47,48). The van der Waals surface area contributed by atoms with Crippen LogP contribution in [0.1, 0.15) is 22.9 Å². The summed E-state index contributed by atoms with van der Waals surface area (Å²) in [4.78, 5) is 14.8.